The number of amides is 1. The monoisotopic (exact) mass is 262 g/mol. The third-order valence-electron chi connectivity index (χ3n) is 6.20. The highest BCUT2D eigenvalue weighted by atomic mass is 16.2. The Morgan fingerprint density at radius 3 is 2.32 bits per heavy atom. The average molecular weight is 262 g/mol. The SMILES string of the molecule is O=C(CNC1C2C3CCC(C3)C12)NC1CCCCC1. The standard InChI is InChI=1S/C16H26N2O/c19-13(18-12-4-2-1-3-5-12)9-17-16-14-10-6-7-11(8-10)15(14)16/h10-12,14-17H,1-9H2,(H,18,19). The summed E-state index contributed by atoms with van der Waals surface area (Å²) < 4.78 is 0. The van der Waals surface area contributed by atoms with Gasteiger partial charge in [-0.3, -0.25) is 4.79 Å². The van der Waals surface area contributed by atoms with Crippen molar-refractivity contribution < 1.29 is 4.79 Å². The number of nitrogens with one attached hydrogen (secondary N) is 2. The minimum Gasteiger partial charge on any atom is -0.352 e. The van der Waals surface area contributed by atoms with Crippen molar-refractivity contribution in [2.45, 2.75) is 63.5 Å². The molecule has 4 unspecified atom stereocenters. The molecule has 3 nitrogen and oxygen atoms in total. The number of carbonyl (C=O) groups excluding carboxylic acids is 1. The van der Waals surface area contributed by atoms with Crippen LogP contribution < -0.4 is 10.6 Å². The maximum Gasteiger partial charge on any atom is 0.234 e. The van der Waals surface area contributed by atoms with Gasteiger partial charge in [-0.25, -0.2) is 0 Å². The van der Waals surface area contributed by atoms with Gasteiger partial charge >= 0.3 is 0 Å². The summed E-state index contributed by atoms with van der Waals surface area (Å²) in [4.78, 5) is 12.0. The van der Waals surface area contributed by atoms with Crippen LogP contribution in [0.2, 0.25) is 0 Å². The van der Waals surface area contributed by atoms with E-state index in [1.165, 1.54) is 51.4 Å². The number of hydrogen-bond donors (Lipinski definition) is 2. The molecule has 1 amide bonds. The van der Waals surface area contributed by atoms with E-state index in [-0.39, 0.29) is 5.91 Å². The summed E-state index contributed by atoms with van der Waals surface area (Å²) >= 11 is 0. The zero-order chi connectivity index (χ0) is 12.8. The van der Waals surface area contributed by atoms with Crippen LogP contribution in [0.5, 0.6) is 0 Å². The highest BCUT2D eigenvalue weighted by molar-refractivity contribution is 5.78. The normalized spacial score (nSPS) is 44.1. The van der Waals surface area contributed by atoms with Crippen molar-refractivity contribution in [3.63, 3.8) is 0 Å². The summed E-state index contributed by atoms with van der Waals surface area (Å²) in [5.41, 5.74) is 0. The van der Waals surface area contributed by atoms with Crippen LogP contribution in [0.1, 0.15) is 51.4 Å². The molecule has 4 aliphatic rings. The lowest BCUT2D eigenvalue weighted by Gasteiger charge is -2.23. The molecule has 19 heavy (non-hydrogen) atoms. The first-order valence-corrected chi connectivity index (χ1v) is 8.35. The molecular weight excluding hydrogens is 236 g/mol. The Balaban J connectivity index is 1.20. The van der Waals surface area contributed by atoms with Gasteiger partial charge in [0.2, 0.25) is 5.91 Å². The van der Waals surface area contributed by atoms with Crippen LogP contribution in [0.15, 0.2) is 0 Å². The van der Waals surface area contributed by atoms with Crippen molar-refractivity contribution in [2.24, 2.45) is 23.7 Å². The number of fused-ring (bicyclic) bond motifs is 5. The summed E-state index contributed by atoms with van der Waals surface area (Å²) in [6.45, 7) is 0.549. The van der Waals surface area contributed by atoms with Crippen molar-refractivity contribution in [3.05, 3.63) is 0 Å². The Bertz CT molecular complexity index is 348. The molecule has 2 bridgehead atoms. The van der Waals surface area contributed by atoms with E-state index in [2.05, 4.69) is 10.6 Å². The first kappa shape index (κ1) is 12.2. The molecule has 0 heterocycles. The molecule has 4 aliphatic carbocycles. The van der Waals surface area contributed by atoms with Gasteiger partial charge < -0.3 is 10.6 Å². The minimum atomic E-state index is 0.226. The van der Waals surface area contributed by atoms with Crippen molar-refractivity contribution >= 4 is 5.91 Å². The van der Waals surface area contributed by atoms with Gasteiger partial charge in [-0.15, -0.1) is 0 Å². The van der Waals surface area contributed by atoms with Gasteiger partial charge in [0.1, 0.15) is 0 Å². The van der Waals surface area contributed by atoms with Gasteiger partial charge in [0.05, 0.1) is 6.54 Å². The molecule has 4 saturated carbocycles. The molecule has 4 rings (SSSR count). The Morgan fingerprint density at radius 2 is 1.63 bits per heavy atom. The number of carbonyl (C=O) groups is 1. The number of rotatable bonds is 4. The molecule has 0 spiro atoms. The third-order valence-corrected chi connectivity index (χ3v) is 6.20. The number of hydrogen-bond acceptors (Lipinski definition) is 2. The van der Waals surface area contributed by atoms with Crippen LogP contribution in [0.25, 0.3) is 0 Å². The Hall–Kier alpha value is -0.570. The van der Waals surface area contributed by atoms with E-state index >= 15 is 0 Å². The fraction of sp³-hybridized carbons (Fsp3) is 0.938. The fourth-order valence-corrected chi connectivity index (χ4v) is 5.33. The molecule has 0 radical (unpaired) electrons. The van der Waals surface area contributed by atoms with Crippen molar-refractivity contribution in [2.75, 3.05) is 6.54 Å². The van der Waals surface area contributed by atoms with E-state index in [0.717, 1.165) is 23.7 Å². The van der Waals surface area contributed by atoms with E-state index in [9.17, 15) is 4.79 Å². The summed E-state index contributed by atoms with van der Waals surface area (Å²) in [5.74, 6) is 4.08. The summed E-state index contributed by atoms with van der Waals surface area (Å²) in [7, 11) is 0. The maximum absolute atomic E-state index is 12.0. The van der Waals surface area contributed by atoms with Gasteiger partial charge in [-0.05, 0) is 55.8 Å². The van der Waals surface area contributed by atoms with Crippen LogP contribution >= 0.6 is 0 Å². The van der Waals surface area contributed by atoms with Crippen LogP contribution in [0.4, 0.5) is 0 Å². The summed E-state index contributed by atoms with van der Waals surface area (Å²) in [5, 5.41) is 6.74. The van der Waals surface area contributed by atoms with Crippen molar-refractivity contribution in [1.29, 1.82) is 0 Å². The van der Waals surface area contributed by atoms with E-state index < -0.39 is 0 Å². The molecular formula is C16H26N2O. The quantitative estimate of drug-likeness (QED) is 0.814. The van der Waals surface area contributed by atoms with Gasteiger partial charge in [0, 0.05) is 12.1 Å². The molecule has 4 atom stereocenters. The first-order chi connectivity index (χ1) is 9.33. The molecule has 0 saturated heterocycles. The third kappa shape index (κ3) is 2.20. The predicted molar refractivity (Wildman–Crippen MR) is 74.6 cm³/mol. The van der Waals surface area contributed by atoms with Gasteiger partial charge in [0.25, 0.3) is 0 Å². The van der Waals surface area contributed by atoms with E-state index in [1.807, 2.05) is 0 Å². The molecule has 0 aromatic rings. The second-order valence-electron chi connectivity index (χ2n) is 7.30. The largest absolute Gasteiger partial charge is 0.352 e. The molecule has 0 aromatic carbocycles. The molecule has 4 fully saturated rings. The summed E-state index contributed by atoms with van der Waals surface area (Å²) in [6.07, 6.45) is 10.7. The van der Waals surface area contributed by atoms with E-state index in [4.69, 9.17) is 0 Å². The smallest absolute Gasteiger partial charge is 0.234 e. The second-order valence-corrected chi connectivity index (χ2v) is 7.30. The van der Waals surface area contributed by atoms with Crippen LogP contribution in [0.3, 0.4) is 0 Å². The minimum absolute atomic E-state index is 0.226. The summed E-state index contributed by atoms with van der Waals surface area (Å²) in [6, 6.07) is 1.14. The molecule has 106 valence electrons. The van der Waals surface area contributed by atoms with Gasteiger partial charge in [-0.1, -0.05) is 19.3 Å². The van der Waals surface area contributed by atoms with Crippen LogP contribution in [0, 0.1) is 23.7 Å². The fourth-order valence-electron chi connectivity index (χ4n) is 5.33. The van der Waals surface area contributed by atoms with Crippen molar-refractivity contribution in [3.8, 4) is 0 Å². The Kier molecular flexibility index (Phi) is 3.06. The lowest BCUT2D eigenvalue weighted by molar-refractivity contribution is -0.121. The lowest BCUT2D eigenvalue weighted by Crippen LogP contribution is -2.42. The lowest BCUT2D eigenvalue weighted by atomic mass is 9.95. The average Bonchev–Trinajstić information content (AvgIpc) is 2.81. The maximum atomic E-state index is 12.0. The van der Waals surface area contributed by atoms with E-state index in [0.29, 0.717) is 18.6 Å². The Morgan fingerprint density at radius 1 is 0.947 bits per heavy atom. The van der Waals surface area contributed by atoms with Crippen LogP contribution in [-0.2, 0) is 4.79 Å². The van der Waals surface area contributed by atoms with Gasteiger partial charge in [0.15, 0.2) is 0 Å². The van der Waals surface area contributed by atoms with Gasteiger partial charge in [-0.2, -0.15) is 0 Å². The highest BCUT2D eigenvalue weighted by Crippen LogP contribution is 2.65. The topological polar surface area (TPSA) is 41.1 Å². The molecule has 3 heteroatoms. The highest BCUT2D eigenvalue weighted by Gasteiger charge is 2.64. The first-order valence-electron chi connectivity index (χ1n) is 8.35. The zero-order valence-electron chi connectivity index (χ0n) is 11.7. The Labute approximate surface area is 115 Å². The van der Waals surface area contributed by atoms with Crippen molar-refractivity contribution in [1.82, 2.24) is 10.6 Å². The molecule has 2 N–H and O–H groups in total. The molecule has 0 aliphatic heterocycles. The van der Waals surface area contributed by atoms with Crippen LogP contribution in [-0.4, -0.2) is 24.5 Å². The predicted octanol–water partition coefficient (Wildman–Crippen LogP) is 2.07. The molecule has 0 aromatic heterocycles. The van der Waals surface area contributed by atoms with E-state index in [1.54, 1.807) is 0 Å². The zero-order valence-corrected chi connectivity index (χ0v) is 11.7. The second kappa shape index (κ2) is 4.76.